The van der Waals surface area contributed by atoms with Gasteiger partial charge in [0.2, 0.25) is 0 Å². The van der Waals surface area contributed by atoms with Gasteiger partial charge in [-0.3, -0.25) is 9.69 Å². The molecule has 4 nitrogen and oxygen atoms in total. The van der Waals surface area contributed by atoms with Crippen LogP contribution in [0.1, 0.15) is 37.3 Å². The first-order valence-corrected chi connectivity index (χ1v) is 7.20. The molecule has 2 atom stereocenters. The number of benzene rings is 1. The van der Waals surface area contributed by atoms with Crippen LogP contribution in [0, 0.1) is 23.1 Å². The molecule has 1 aromatic carbocycles. The molecule has 0 aromatic heterocycles. The van der Waals surface area contributed by atoms with Gasteiger partial charge in [0.1, 0.15) is 11.9 Å². The molecule has 0 saturated carbocycles. The van der Waals surface area contributed by atoms with Crippen LogP contribution < -0.4 is 0 Å². The van der Waals surface area contributed by atoms with Gasteiger partial charge in [-0.1, -0.05) is 13.3 Å². The molecule has 1 aliphatic rings. The Morgan fingerprint density at radius 3 is 2.90 bits per heavy atom. The monoisotopic (exact) mass is 290 g/mol. The minimum atomic E-state index is -0.829. The molecule has 0 spiro atoms. The molecule has 1 N–H and O–H groups in total. The Hall–Kier alpha value is -1.93. The van der Waals surface area contributed by atoms with Crippen LogP contribution in [0.4, 0.5) is 4.39 Å². The van der Waals surface area contributed by atoms with E-state index in [0.29, 0.717) is 31.0 Å². The van der Waals surface area contributed by atoms with Crippen LogP contribution in [-0.2, 0) is 11.3 Å². The lowest BCUT2D eigenvalue weighted by atomic mass is 9.88. The van der Waals surface area contributed by atoms with E-state index in [4.69, 9.17) is 5.26 Å². The van der Waals surface area contributed by atoms with Crippen molar-refractivity contribution >= 4 is 5.97 Å². The van der Waals surface area contributed by atoms with Gasteiger partial charge in [0.25, 0.3) is 0 Å². The van der Waals surface area contributed by atoms with Crippen LogP contribution >= 0.6 is 0 Å². The minimum Gasteiger partial charge on any atom is -0.480 e. The van der Waals surface area contributed by atoms with E-state index in [2.05, 4.69) is 6.92 Å². The minimum absolute atomic E-state index is 0.264. The number of carbonyl (C=O) groups is 1. The maximum atomic E-state index is 13.5. The van der Waals surface area contributed by atoms with Gasteiger partial charge >= 0.3 is 5.97 Å². The van der Waals surface area contributed by atoms with E-state index >= 15 is 0 Å². The van der Waals surface area contributed by atoms with Crippen molar-refractivity contribution < 1.29 is 14.3 Å². The van der Waals surface area contributed by atoms with Crippen molar-refractivity contribution in [3.05, 3.63) is 35.1 Å². The van der Waals surface area contributed by atoms with Crippen LogP contribution in [-0.4, -0.2) is 28.6 Å². The van der Waals surface area contributed by atoms with Crippen molar-refractivity contribution in [2.75, 3.05) is 6.54 Å². The summed E-state index contributed by atoms with van der Waals surface area (Å²) in [6.45, 7) is 3.12. The van der Waals surface area contributed by atoms with Crippen molar-refractivity contribution in [3.63, 3.8) is 0 Å². The van der Waals surface area contributed by atoms with Crippen LogP contribution in [0.2, 0.25) is 0 Å². The number of piperidine rings is 1. The summed E-state index contributed by atoms with van der Waals surface area (Å²) in [6.07, 6.45) is 2.57. The molecule has 1 aromatic rings. The SMILES string of the molecule is CCC1CCN(Cc2cc(F)cc(C#N)c2)C(C(=O)O)C1. The zero-order valence-corrected chi connectivity index (χ0v) is 12.1. The van der Waals surface area contributed by atoms with Gasteiger partial charge in [0, 0.05) is 6.54 Å². The molecule has 21 heavy (non-hydrogen) atoms. The van der Waals surface area contributed by atoms with Gasteiger partial charge in [-0.05, 0) is 49.1 Å². The lowest BCUT2D eigenvalue weighted by molar-refractivity contribution is -0.145. The number of nitriles is 1. The van der Waals surface area contributed by atoms with Crippen molar-refractivity contribution in [1.82, 2.24) is 4.90 Å². The summed E-state index contributed by atoms with van der Waals surface area (Å²) in [7, 11) is 0. The molecule has 2 rings (SSSR count). The number of carboxylic acids is 1. The maximum Gasteiger partial charge on any atom is 0.320 e. The number of nitrogens with zero attached hydrogens (tertiary/aromatic N) is 2. The van der Waals surface area contributed by atoms with Crippen molar-refractivity contribution in [3.8, 4) is 6.07 Å². The first-order chi connectivity index (χ1) is 10.0. The van der Waals surface area contributed by atoms with Crippen molar-refractivity contribution in [1.29, 1.82) is 5.26 Å². The molecule has 0 aliphatic carbocycles. The third-order valence-corrected chi connectivity index (χ3v) is 4.16. The summed E-state index contributed by atoms with van der Waals surface area (Å²) >= 11 is 0. The quantitative estimate of drug-likeness (QED) is 0.926. The van der Waals surface area contributed by atoms with Crippen LogP contribution in [0.15, 0.2) is 18.2 Å². The Morgan fingerprint density at radius 1 is 1.52 bits per heavy atom. The lowest BCUT2D eigenvalue weighted by Crippen LogP contribution is -2.46. The number of halogens is 1. The zero-order valence-electron chi connectivity index (χ0n) is 12.1. The number of likely N-dealkylation sites (tertiary alicyclic amines) is 1. The summed E-state index contributed by atoms with van der Waals surface area (Å²) in [5, 5.41) is 18.3. The third kappa shape index (κ3) is 3.79. The predicted molar refractivity (Wildman–Crippen MR) is 76.0 cm³/mol. The van der Waals surface area contributed by atoms with Crippen LogP contribution in [0.25, 0.3) is 0 Å². The molecule has 0 amide bonds. The van der Waals surface area contributed by atoms with E-state index in [9.17, 15) is 14.3 Å². The van der Waals surface area contributed by atoms with Crippen molar-refractivity contribution in [2.24, 2.45) is 5.92 Å². The van der Waals surface area contributed by atoms with Crippen LogP contribution in [0.3, 0.4) is 0 Å². The fourth-order valence-electron chi connectivity index (χ4n) is 2.94. The second kappa shape index (κ2) is 6.68. The Kier molecular flexibility index (Phi) is 4.92. The van der Waals surface area contributed by atoms with E-state index < -0.39 is 17.8 Å². The molecule has 2 unspecified atom stereocenters. The smallest absolute Gasteiger partial charge is 0.320 e. The number of hydrogen-bond donors (Lipinski definition) is 1. The lowest BCUT2D eigenvalue weighted by Gasteiger charge is -2.37. The Balaban J connectivity index is 2.16. The highest BCUT2D eigenvalue weighted by Crippen LogP contribution is 2.27. The highest BCUT2D eigenvalue weighted by atomic mass is 19.1. The standard InChI is InChI=1S/C16H19FN2O2/c1-2-11-3-4-19(15(8-11)16(20)21)10-13-5-12(9-18)6-14(17)7-13/h5-7,11,15H,2-4,8,10H2,1H3,(H,20,21). The van der Waals surface area contributed by atoms with Gasteiger partial charge in [-0.15, -0.1) is 0 Å². The Morgan fingerprint density at radius 2 is 2.29 bits per heavy atom. The topological polar surface area (TPSA) is 64.3 Å². The highest BCUT2D eigenvalue weighted by Gasteiger charge is 2.32. The van der Waals surface area contributed by atoms with E-state index in [1.54, 1.807) is 6.07 Å². The van der Waals surface area contributed by atoms with E-state index in [-0.39, 0.29) is 5.56 Å². The fourth-order valence-corrected chi connectivity index (χ4v) is 2.94. The van der Waals surface area contributed by atoms with Gasteiger partial charge in [0.15, 0.2) is 0 Å². The fraction of sp³-hybridized carbons (Fsp3) is 0.500. The molecule has 1 aliphatic heterocycles. The maximum absolute atomic E-state index is 13.5. The van der Waals surface area contributed by atoms with E-state index in [1.807, 2.05) is 11.0 Å². The molecule has 0 bridgehead atoms. The summed E-state index contributed by atoms with van der Waals surface area (Å²) in [6, 6.07) is 5.56. The van der Waals surface area contributed by atoms with Crippen LogP contribution in [0.5, 0.6) is 0 Å². The van der Waals surface area contributed by atoms with Gasteiger partial charge < -0.3 is 5.11 Å². The number of carboxylic acid groups (broad SMARTS) is 1. The average Bonchev–Trinajstić information content (AvgIpc) is 2.46. The predicted octanol–water partition coefficient (Wildman–Crippen LogP) is 2.77. The molecule has 0 radical (unpaired) electrons. The largest absolute Gasteiger partial charge is 0.480 e. The molecule has 112 valence electrons. The number of hydrogen-bond acceptors (Lipinski definition) is 3. The number of aliphatic carboxylic acids is 1. The third-order valence-electron chi connectivity index (χ3n) is 4.16. The Labute approximate surface area is 123 Å². The first-order valence-electron chi connectivity index (χ1n) is 7.20. The average molecular weight is 290 g/mol. The van der Waals surface area contributed by atoms with Gasteiger partial charge in [-0.25, -0.2) is 4.39 Å². The van der Waals surface area contributed by atoms with Crippen molar-refractivity contribution in [2.45, 2.75) is 38.8 Å². The Bertz CT molecular complexity index is 568. The molecular formula is C16H19FN2O2. The van der Waals surface area contributed by atoms with E-state index in [0.717, 1.165) is 12.8 Å². The normalized spacial score (nSPS) is 22.7. The van der Waals surface area contributed by atoms with E-state index in [1.165, 1.54) is 12.1 Å². The molecule has 1 heterocycles. The second-order valence-corrected chi connectivity index (χ2v) is 5.58. The summed E-state index contributed by atoms with van der Waals surface area (Å²) in [5.41, 5.74) is 0.910. The van der Waals surface area contributed by atoms with Gasteiger partial charge in [-0.2, -0.15) is 5.26 Å². The molecular weight excluding hydrogens is 271 g/mol. The first kappa shape index (κ1) is 15.5. The summed E-state index contributed by atoms with van der Waals surface area (Å²) in [4.78, 5) is 13.3. The number of rotatable bonds is 4. The highest BCUT2D eigenvalue weighted by molar-refractivity contribution is 5.73. The summed E-state index contributed by atoms with van der Waals surface area (Å²) in [5.74, 6) is -0.853. The zero-order chi connectivity index (χ0) is 15.4. The molecule has 1 saturated heterocycles. The summed E-state index contributed by atoms with van der Waals surface area (Å²) < 4.78 is 13.5. The van der Waals surface area contributed by atoms with Gasteiger partial charge in [0.05, 0.1) is 11.6 Å². The molecule has 5 heteroatoms. The second-order valence-electron chi connectivity index (χ2n) is 5.58. The molecule has 1 fully saturated rings.